The molecule has 4 heteroatoms. The summed E-state index contributed by atoms with van der Waals surface area (Å²) in [6.45, 7) is 1.95. The van der Waals surface area contributed by atoms with E-state index in [1.54, 1.807) is 4.68 Å². The number of aromatic nitrogens is 2. The average Bonchev–Trinajstić information content (AvgIpc) is 2.60. The monoisotopic (exact) mass is 222 g/mol. The van der Waals surface area contributed by atoms with Gasteiger partial charge in [-0.25, -0.2) is 0 Å². The molecule has 1 aromatic rings. The van der Waals surface area contributed by atoms with Crippen LogP contribution in [0.15, 0.2) is 6.07 Å². The van der Waals surface area contributed by atoms with E-state index < -0.39 is 11.4 Å². The summed E-state index contributed by atoms with van der Waals surface area (Å²) in [5.74, 6) is -0.717. The van der Waals surface area contributed by atoms with Gasteiger partial charge in [-0.2, -0.15) is 5.10 Å². The lowest BCUT2D eigenvalue weighted by molar-refractivity contribution is -0.145. The number of carbonyl (C=O) groups is 1. The van der Waals surface area contributed by atoms with Crippen molar-refractivity contribution >= 4 is 5.97 Å². The summed E-state index contributed by atoms with van der Waals surface area (Å²) in [5.41, 5.74) is 1.02. The number of nitrogens with zero attached hydrogens (tertiary/aromatic N) is 2. The van der Waals surface area contributed by atoms with Crippen LogP contribution in [-0.4, -0.2) is 20.9 Å². The van der Waals surface area contributed by atoms with Gasteiger partial charge in [0, 0.05) is 12.7 Å². The molecule has 16 heavy (non-hydrogen) atoms. The van der Waals surface area contributed by atoms with Crippen LogP contribution in [0.3, 0.4) is 0 Å². The van der Waals surface area contributed by atoms with Crippen LogP contribution in [-0.2, 0) is 17.3 Å². The molecule has 1 aromatic heterocycles. The van der Waals surface area contributed by atoms with Crippen molar-refractivity contribution in [3.05, 3.63) is 17.5 Å². The Hall–Kier alpha value is -1.32. The number of carboxylic acid groups (broad SMARTS) is 1. The van der Waals surface area contributed by atoms with Crippen molar-refractivity contribution in [2.45, 2.75) is 44.4 Å². The molecule has 0 aliphatic heterocycles. The molecule has 4 nitrogen and oxygen atoms in total. The summed E-state index contributed by atoms with van der Waals surface area (Å²) in [7, 11) is 1.86. The fourth-order valence-corrected chi connectivity index (χ4v) is 2.53. The highest BCUT2D eigenvalue weighted by molar-refractivity contribution is 5.80. The van der Waals surface area contributed by atoms with Crippen molar-refractivity contribution in [2.75, 3.05) is 0 Å². The molecule has 0 bridgehead atoms. The third kappa shape index (κ3) is 1.62. The normalized spacial score (nSPS) is 19.6. The Morgan fingerprint density at radius 3 is 2.50 bits per heavy atom. The van der Waals surface area contributed by atoms with E-state index in [0.29, 0.717) is 0 Å². The number of hydrogen-bond acceptors (Lipinski definition) is 2. The van der Waals surface area contributed by atoms with Gasteiger partial charge in [-0.15, -0.1) is 0 Å². The first kappa shape index (κ1) is 11.2. The first-order valence-electron chi connectivity index (χ1n) is 5.81. The Morgan fingerprint density at radius 1 is 1.44 bits per heavy atom. The molecular formula is C12H18N2O2. The predicted octanol–water partition coefficient (Wildman–Crippen LogP) is 2.02. The zero-order chi connectivity index (χ0) is 11.8. The Kier molecular flexibility index (Phi) is 2.74. The number of hydrogen-bond donors (Lipinski definition) is 1. The molecular weight excluding hydrogens is 204 g/mol. The van der Waals surface area contributed by atoms with E-state index in [1.165, 1.54) is 0 Å². The van der Waals surface area contributed by atoms with E-state index in [0.717, 1.165) is 43.5 Å². The van der Waals surface area contributed by atoms with E-state index in [1.807, 2.05) is 20.0 Å². The highest BCUT2D eigenvalue weighted by Crippen LogP contribution is 2.39. The Balaban J connectivity index is 2.42. The second-order valence-electron chi connectivity index (χ2n) is 4.74. The van der Waals surface area contributed by atoms with E-state index >= 15 is 0 Å². The minimum Gasteiger partial charge on any atom is -0.481 e. The second kappa shape index (κ2) is 3.92. The third-order valence-corrected chi connectivity index (χ3v) is 3.72. The Labute approximate surface area is 95.3 Å². The summed E-state index contributed by atoms with van der Waals surface area (Å²) in [4.78, 5) is 11.5. The molecule has 0 radical (unpaired) electrons. The minimum absolute atomic E-state index is 0.717. The molecule has 0 atom stereocenters. The van der Waals surface area contributed by atoms with Gasteiger partial charge in [0.1, 0.15) is 5.41 Å². The van der Waals surface area contributed by atoms with Gasteiger partial charge in [0.15, 0.2) is 0 Å². The molecule has 88 valence electrons. The van der Waals surface area contributed by atoms with Crippen molar-refractivity contribution in [1.82, 2.24) is 9.78 Å². The summed E-state index contributed by atoms with van der Waals surface area (Å²) in [6, 6.07) is 1.92. The fourth-order valence-electron chi connectivity index (χ4n) is 2.53. The highest BCUT2D eigenvalue weighted by Gasteiger charge is 2.43. The standard InChI is InChI=1S/C12H18N2O2/c1-9-8-10(13-14(9)2)12(11(15)16)6-4-3-5-7-12/h8H,3-7H2,1-2H3,(H,15,16). The number of aliphatic carboxylic acids is 1. The molecule has 2 rings (SSSR count). The summed E-state index contributed by atoms with van der Waals surface area (Å²) in [5, 5.41) is 13.9. The predicted molar refractivity (Wildman–Crippen MR) is 60.3 cm³/mol. The van der Waals surface area contributed by atoms with Crippen LogP contribution in [0.5, 0.6) is 0 Å². The topological polar surface area (TPSA) is 55.1 Å². The van der Waals surface area contributed by atoms with Crippen molar-refractivity contribution in [2.24, 2.45) is 7.05 Å². The molecule has 0 spiro atoms. The van der Waals surface area contributed by atoms with Crippen molar-refractivity contribution in [3.8, 4) is 0 Å². The maximum atomic E-state index is 11.5. The molecule has 0 unspecified atom stereocenters. The van der Waals surface area contributed by atoms with Gasteiger partial charge in [-0.3, -0.25) is 9.48 Å². The van der Waals surface area contributed by atoms with Crippen LogP contribution in [0, 0.1) is 6.92 Å². The van der Waals surface area contributed by atoms with Crippen LogP contribution < -0.4 is 0 Å². The van der Waals surface area contributed by atoms with Gasteiger partial charge in [0.2, 0.25) is 0 Å². The van der Waals surface area contributed by atoms with Gasteiger partial charge in [0.25, 0.3) is 0 Å². The molecule has 1 N–H and O–H groups in total. The number of aryl methyl sites for hydroxylation is 2. The molecule has 1 heterocycles. The number of rotatable bonds is 2. The SMILES string of the molecule is Cc1cc(C2(C(=O)O)CCCCC2)nn1C. The van der Waals surface area contributed by atoms with Crippen molar-refractivity contribution in [3.63, 3.8) is 0 Å². The molecule has 0 saturated heterocycles. The van der Waals surface area contributed by atoms with Crippen LogP contribution in [0.25, 0.3) is 0 Å². The number of carboxylic acids is 1. The zero-order valence-electron chi connectivity index (χ0n) is 9.86. The second-order valence-corrected chi connectivity index (χ2v) is 4.74. The lowest BCUT2D eigenvalue weighted by atomic mass is 9.72. The van der Waals surface area contributed by atoms with Gasteiger partial charge in [0.05, 0.1) is 5.69 Å². The molecule has 1 aliphatic rings. The fraction of sp³-hybridized carbons (Fsp3) is 0.667. The molecule has 0 amide bonds. The molecule has 1 saturated carbocycles. The third-order valence-electron chi connectivity index (χ3n) is 3.72. The summed E-state index contributed by atoms with van der Waals surface area (Å²) >= 11 is 0. The first-order chi connectivity index (χ1) is 7.56. The summed E-state index contributed by atoms with van der Waals surface area (Å²) < 4.78 is 1.76. The van der Waals surface area contributed by atoms with Crippen LogP contribution >= 0.6 is 0 Å². The van der Waals surface area contributed by atoms with Gasteiger partial charge in [-0.1, -0.05) is 19.3 Å². The molecule has 0 aromatic carbocycles. The summed E-state index contributed by atoms with van der Waals surface area (Å²) in [6.07, 6.45) is 4.56. The van der Waals surface area contributed by atoms with Gasteiger partial charge >= 0.3 is 5.97 Å². The lowest BCUT2D eigenvalue weighted by Gasteiger charge is -2.31. The van der Waals surface area contributed by atoms with E-state index in [9.17, 15) is 9.90 Å². The van der Waals surface area contributed by atoms with Crippen molar-refractivity contribution < 1.29 is 9.90 Å². The van der Waals surface area contributed by atoms with Crippen LogP contribution in [0.2, 0.25) is 0 Å². The highest BCUT2D eigenvalue weighted by atomic mass is 16.4. The molecule has 1 fully saturated rings. The average molecular weight is 222 g/mol. The zero-order valence-corrected chi connectivity index (χ0v) is 9.86. The lowest BCUT2D eigenvalue weighted by Crippen LogP contribution is -2.38. The maximum Gasteiger partial charge on any atom is 0.315 e. The Morgan fingerprint density at radius 2 is 2.06 bits per heavy atom. The van der Waals surface area contributed by atoms with Crippen LogP contribution in [0.4, 0.5) is 0 Å². The van der Waals surface area contributed by atoms with E-state index in [2.05, 4.69) is 5.10 Å². The molecule has 1 aliphatic carbocycles. The van der Waals surface area contributed by atoms with Gasteiger partial charge < -0.3 is 5.11 Å². The Bertz CT molecular complexity index is 384. The maximum absolute atomic E-state index is 11.5. The smallest absolute Gasteiger partial charge is 0.315 e. The first-order valence-corrected chi connectivity index (χ1v) is 5.81. The van der Waals surface area contributed by atoms with E-state index in [4.69, 9.17) is 0 Å². The quantitative estimate of drug-likeness (QED) is 0.832. The van der Waals surface area contributed by atoms with Crippen LogP contribution in [0.1, 0.15) is 43.5 Å². The minimum atomic E-state index is -0.732. The van der Waals surface area contributed by atoms with E-state index in [-0.39, 0.29) is 0 Å². The van der Waals surface area contributed by atoms with Gasteiger partial charge in [-0.05, 0) is 25.8 Å². The van der Waals surface area contributed by atoms with Crippen molar-refractivity contribution in [1.29, 1.82) is 0 Å². The largest absolute Gasteiger partial charge is 0.481 e.